The molecule has 0 bridgehead atoms. The largest absolute Gasteiger partial charge is 0.481 e. The lowest BCUT2D eigenvalue weighted by Crippen LogP contribution is -2.09. The topological polar surface area (TPSA) is 87.5 Å². The van der Waals surface area contributed by atoms with E-state index in [-0.39, 0.29) is 12.0 Å². The minimum atomic E-state index is -0.893. The van der Waals surface area contributed by atoms with E-state index in [9.17, 15) is 9.59 Å². The van der Waals surface area contributed by atoms with E-state index >= 15 is 0 Å². The third-order valence-electron chi connectivity index (χ3n) is 2.03. The van der Waals surface area contributed by atoms with Crippen LogP contribution in [-0.4, -0.2) is 25.7 Å². The number of carboxylic acid groups (broad SMARTS) is 1. The van der Waals surface area contributed by atoms with Gasteiger partial charge in [-0.15, -0.1) is 0 Å². The van der Waals surface area contributed by atoms with Gasteiger partial charge in [0.25, 0.3) is 5.56 Å². The van der Waals surface area contributed by atoms with E-state index in [1.165, 1.54) is 16.9 Å². The molecule has 6 nitrogen and oxygen atoms in total. The zero-order valence-electron chi connectivity index (χ0n) is 8.25. The van der Waals surface area contributed by atoms with Crippen molar-refractivity contribution in [3.8, 4) is 0 Å². The fourth-order valence-corrected chi connectivity index (χ4v) is 1.35. The number of carbonyl (C=O) groups is 1. The second kappa shape index (κ2) is 4.01. The molecule has 2 aromatic heterocycles. The summed E-state index contributed by atoms with van der Waals surface area (Å²) in [4.78, 5) is 24.1. The average molecular weight is 219 g/mol. The van der Waals surface area contributed by atoms with E-state index in [0.29, 0.717) is 5.52 Å². The van der Waals surface area contributed by atoms with Gasteiger partial charge in [-0.2, -0.15) is 5.10 Å². The van der Waals surface area contributed by atoms with Crippen LogP contribution in [0.1, 0.15) is 12.0 Å². The highest BCUT2D eigenvalue weighted by Gasteiger charge is 2.00. The number of carboxylic acids is 1. The van der Waals surface area contributed by atoms with Gasteiger partial charge in [0.2, 0.25) is 0 Å². The van der Waals surface area contributed by atoms with Crippen molar-refractivity contribution in [1.29, 1.82) is 0 Å². The second-order valence-electron chi connectivity index (χ2n) is 3.22. The van der Waals surface area contributed by atoms with E-state index in [4.69, 9.17) is 5.11 Å². The molecule has 0 aliphatic rings. The van der Waals surface area contributed by atoms with Crippen LogP contribution in [0.3, 0.4) is 0 Å². The van der Waals surface area contributed by atoms with Crippen LogP contribution in [0.5, 0.6) is 0 Å². The number of H-pyrrole nitrogens is 1. The molecule has 2 rings (SSSR count). The van der Waals surface area contributed by atoms with E-state index in [2.05, 4.69) is 10.1 Å². The highest BCUT2D eigenvalue weighted by molar-refractivity contribution is 5.70. The van der Waals surface area contributed by atoms with Gasteiger partial charge in [-0.3, -0.25) is 9.59 Å². The lowest BCUT2D eigenvalue weighted by molar-refractivity contribution is -0.135. The molecule has 2 N–H and O–H groups in total. The van der Waals surface area contributed by atoms with Crippen LogP contribution in [0.4, 0.5) is 0 Å². The molecule has 0 spiro atoms. The smallest absolute Gasteiger partial charge is 0.307 e. The predicted molar refractivity (Wildman–Crippen MR) is 57.1 cm³/mol. The van der Waals surface area contributed by atoms with Gasteiger partial charge in [-0.05, 0) is 11.6 Å². The number of nitrogens with one attached hydrogen (secondary N) is 1. The number of hydrogen-bond donors (Lipinski definition) is 2. The van der Waals surface area contributed by atoms with Gasteiger partial charge in [0, 0.05) is 6.20 Å². The molecule has 6 heteroatoms. The fourth-order valence-electron chi connectivity index (χ4n) is 1.35. The summed E-state index contributed by atoms with van der Waals surface area (Å²) in [5, 5.41) is 12.4. The van der Waals surface area contributed by atoms with Crippen LogP contribution >= 0.6 is 0 Å². The third-order valence-corrected chi connectivity index (χ3v) is 2.03. The molecule has 2 heterocycles. The Balaban J connectivity index is 2.33. The van der Waals surface area contributed by atoms with Crippen LogP contribution in [-0.2, 0) is 4.79 Å². The Labute approximate surface area is 89.8 Å². The molecule has 82 valence electrons. The zero-order chi connectivity index (χ0) is 11.5. The van der Waals surface area contributed by atoms with Gasteiger partial charge in [-0.1, -0.05) is 12.2 Å². The fraction of sp³-hybridized carbons (Fsp3) is 0.100. The summed E-state index contributed by atoms with van der Waals surface area (Å²) in [5.41, 5.74) is 0.941. The highest BCUT2D eigenvalue weighted by atomic mass is 16.4. The summed E-state index contributed by atoms with van der Waals surface area (Å²) in [6.07, 6.45) is 6.08. The molecular weight excluding hydrogens is 210 g/mol. The molecule has 0 saturated carbocycles. The Morgan fingerprint density at radius 2 is 2.44 bits per heavy atom. The number of hydrogen-bond acceptors (Lipinski definition) is 3. The highest BCUT2D eigenvalue weighted by Crippen LogP contribution is 2.06. The molecule has 0 radical (unpaired) electrons. The Kier molecular flexibility index (Phi) is 2.55. The minimum absolute atomic E-state index is 0.0457. The van der Waals surface area contributed by atoms with Gasteiger partial charge < -0.3 is 10.1 Å². The SMILES string of the molecule is O=C(O)CC=Cc1cc2c(=O)[nH]cnn2c1. The molecule has 0 amide bonds. The maximum absolute atomic E-state index is 11.3. The molecule has 0 unspecified atom stereocenters. The molecular formula is C10H9N3O3. The molecule has 0 fully saturated rings. The monoisotopic (exact) mass is 219 g/mol. The van der Waals surface area contributed by atoms with Crippen molar-refractivity contribution in [3.05, 3.63) is 40.6 Å². The Morgan fingerprint density at radius 1 is 1.62 bits per heavy atom. The quantitative estimate of drug-likeness (QED) is 0.787. The summed E-state index contributed by atoms with van der Waals surface area (Å²) in [6, 6.07) is 1.64. The van der Waals surface area contributed by atoms with Crippen LogP contribution in [0.15, 0.2) is 29.5 Å². The summed E-state index contributed by atoms with van der Waals surface area (Å²) in [5.74, 6) is -0.893. The van der Waals surface area contributed by atoms with Gasteiger partial charge >= 0.3 is 5.97 Å². The molecule has 2 aromatic rings. The predicted octanol–water partition coefficient (Wildman–Crippen LogP) is 0.510. The Hall–Kier alpha value is -2.37. The van der Waals surface area contributed by atoms with Crippen LogP contribution in [0.25, 0.3) is 11.6 Å². The molecule has 0 aliphatic carbocycles. The second-order valence-corrected chi connectivity index (χ2v) is 3.22. The number of fused-ring (bicyclic) bond motifs is 1. The number of aliphatic carboxylic acids is 1. The van der Waals surface area contributed by atoms with Crippen LogP contribution in [0, 0.1) is 0 Å². The zero-order valence-corrected chi connectivity index (χ0v) is 8.25. The van der Waals surface area contributed by atoms with Gasteiger partial charge in [0.1, 0.15) is 11.8 Å². The normalized spacial score (nSPS) is 11.2. The third kappa shape index (κ3) is 2.00. The van der Waals surface area contributed by atoms with Gasteiger partial charge in [0.15, 0.2) is 0 Å². The summed E-state index contributed by atoms with van der Waals surface area (Å²) >= 11 is 0. The van der Waals surface area contributed by atoms with Gasteiger partial charge in [0.05, 0.1) is 6.42 Å². The molecule has 16 heavy (non-hydrogen) atoms. The lowest BCUT2D eigenvalue weighted by Gasteiger charge is -1.87. The van der Waals surface area contributed by atoms with Crippen molar-refractivity contribution in [3.63, 3.8) is 0 Å². The first-order chi connectivity index (χ1) is 7.66. The van der Waals surface area contributed by atoms with Crippen LogP contribution < -0.4 is 5.56 Å². The summed E-state index contributed by atoms with van der Waals surface area (Å²) < 4.78 is 1.44. The number of aromatic nitrogens is 3. The summed E-state index contributed by atoms with van der Waals surface area (Å²) in [6.45, 7) is 0. The lowest BCUT2D eigenvalue weighted by atomic mass is 10.2. The van der Waals surface area contributed by atoms with Crippen molar-refractivity contribution in [1.82, 2.24) is 14.6 Å². The van der Waals surface area contributed by atoms with E-state index in [1.54, 1.807) is 18.3 Å². The standard InChI is InChI=1S/C10H9N3O3/c14-9(15)3-1-2-7-4-8-10(16)11-6-12-13(8)5-7/h1-2,4-6H,3H2,(H,14,15)(H,11,12,16). The number of nitrogens with zero attached hydrogens (tertiary/aromatic N) is 2. The van der Waals surface area contributed by atoms with E-state index in [1.807, 2.05) is 0 Å². The summed E-state index contributed by atoms with van der Waals surface area (Å²) in [7, 11) is 0. The van der Waals surface area contributed by atoms with Crippen molar-refractivity contribution in [2.24, 2.45) is 0 Å². The molecule has 0 aromatic carbocycles. The average Bonchev–Trinajstić information content (AvgIpc) is 2.61. The minimum Gasteiger partial charge on any atom is -0.481 e. The maximum atomic E-state index is 11.3. The van der Waals surface area contributed by atoms with Crippen molar-refractivity contribution >= 4 is 17.6 Å². The Morgan fingerprint density at radius 3 is 3.12 bits per heavy atom. The van der Waals surface area contributed by atoms with Gasteiger partial charge in [-0.25, -0.2) is 4.52 Å². The first-order valence-electron chi connectivity index (χ1n) is 4.61. The molecule has 0 aliphatic heterocycles. The Bertz CT molecular complexity index is 609. The van der Waals surface area contributed by atoms with Crippen molar-refractivity contribution in [2.75, 3.05) is 0 Å². The van der Waals surface area contributed by atoms with E-state index in [0.717, 1.165) is 5.56 Å². The number of rotatable bonds is 3. The first kappa shape index (κ1) is 10.2. The number of aromatic amines is 1. The first-order valence-corrected chi connectivity index (χ1v) is 4.61. The van der Waals surface area contributed by atoms with E-state index < -0.39 is 5.97 Å². The van der Waals surface area contributed by atoms with Crippen molar-refractivity contribution in [2.45, 2.75) is 6.42 Å². The van der Waals surface area contributed by atoms with Crippen molar-refractivity contribution < 1.29 is 9.90 Å². The molecule has 0 atom stereocenters. The van der Waals surface area contributed by atoms with Crippen LogP contribution in [0.2, 0.25) is 0 Å². The molecule has 0 saturated heterocycles. The maximum Gasteiger partial charge on any atom is 0.307 e.